The van der Waals surface area contributed by atoms with Crippen LogP contribution in [-0.2, 0) is 22.6 Å². The number of aryl methyl sites for hydroxylation is 1. The van der Waals surface area contributed by atoms with E-state index in [4.69, 9.17) is 14.6 Å². The average Bonchev–Trinajstić information content (AvgIpc) is 3.21. The molecule has 218 valence electrons. The summed E-state index contributed by atoms with van der Waals surface area (Å²) in [5.41, 5.74) is 4.36. The van der Waals surface area contributed by atoms with Crippen LogP contribution in [0.2, 0.25) is 0 Å². The highest BCUT2D eigenvalue weighted by Gasteiger charge is 2.18. The number of ether oxygens (including phenoxy) is 2. The Labute approximate surface area is 241 Å². The second kappa shape index (κ2) is 14.1. The molecule has 0 aliphatic heterocycles. The summed E-state index contributed by atoms with van der Waals surface area (Å²) < 4.78 is 39.3. The lowest BCUT2D eigenvalue weighted by Crippen LogP contribution is -2.10. The van der Waals surface area contributed by atoms with Crippen molar-refractivity contribution in [1.29, 1.82) is 0 Å². The number of rotatable bonds is 14. The SMILES string of the molecule is Cc1c(CCCC(=O)O)c2cccc(C=Cc3ccc(OCC=CCOc4ccc(F)cc4F)cc3)c2n1CC(=O)O. The minimum absolute atomic E-state index is 0.0248. The molecule has 1 heterocycles. The van der Waals surface area contributed by atoms with Gasteiger partial charge in [0.2, 0.25) is 0 Å². The average molecular weight is 576 g/mol. The smallest absolute Gasteiger partial charge is 0.323 e. The van der Waals surface area contributed by atoms with Crippen LogP contribution in [0.25, 0.3) is 23.1 Å². The Morgan fingerprint density at radius 1 is 0.905 bits per heavy atom. The molecule has 0 saturated carbocycles. The van der Waals surface area contributed by atoms with Gasteiger partial charge in [-0.1, -0.05) is 42.5 Å². The maximum Gasteiger partial charge on any atom is 0.323 e. The molecule has 0 saturated heterocycles. The van der Waals surface area contributed by atoms with Crippen molar-refractivity contribution in [2.24, 2.45) is 0 Å². The lowest BCUT2D eigenvalue weighted by Gasteiger charge is -2.08. The summed E-state index contributed by atoms with van der Waals surface area (Å²) in [5, 5.41) is 19.5. The first-order chi connectivity index (χ1) is 20.2. The zero-order valence-electron chi connectivity index (χ0n) is 23.1. The number of fused-ring (bicyclic) bond motifs is 1. The maximum atomic E-state index is 13.6. The zero-order valence-corrected chi connectivity index (χ0v) is 23.1. The fraction of sp³-hybridized carbons (Fsp3) is 0.212. The van der Waals surface area contributed by atoms with E-state index in [1.165, 1.54) is 6.07 Å². The number of aromatic nitrogens is 1. The number of carbonyl (C=O) groups is 2. The molecule has 0 atom stereocenters. The monoisotopic (exact) mass is 575 g/mol. The lowest BCUT2D eigenvalue weighted by atomic mass is 10.0. The molecule has 4 aromatic rings. The first kappa shape index (κ1) is 30.0. The summed E-state index contributed by atoms with van der Waals surface area (Å²) >= 11 is 0. The number of aliphatic carboxylic acids is 2. The van der Waals surface area contributed by atoms with Crippen LogP contribution in [0.1, 0.15) is 35.2 Å². The number of halogens is 2. The Morgan fingerprint density at radius 2 is 1.64 bits per heavy atom. The van der Waals surface area contributed by atoms with E-state index in [1.807, 2.05) is 61.5 Å². The summed E-state index contributed by atoms with van der Waals surface area (Å²) in [4.78, 5) is 22.7. The van der Waals surface area contributed by atoms with Gasteiger partial charge in [0, 0.05) is 23.6 Å². The number of hydrogen-bond donors (Lipinski definition) is 2. The Bertz CT molecular complexity index is 1620. The molecule has 0 amide bonds. The molecular weight excluding hydrogens is 544 g/mol. The fourth-order valence-corrected chi connectivity index (χ4v) is 4.70. The normalized spacial score (nSPS) is 11.5. The molecule has 0 spiro atoms. The van der Waals surface area contributed by atoms with Crippen molar-refractivity contribution in [3.05, 3.63) is 107 Å². The van der Waals surface area contributed by atoms with Crippen molar-refractivity contribution in [3.63, 3.8) is 0 Å². The summed E-state index contributed by atoms with van der Waals surface area (Å²) in [6.45, 7) is 2.07. The number of carboxylic acids is 2. The number of nitrogens with zero attached hydrogens (tertiary/aromatic N) is 1. The van der Waals surface area contributed by atoms with Crippen molar-refractivity contribution >= 4 is 35.0 Å². The molecule has 7 nitrogen and oxygen atoms in total. The van der Waals surface area contributed by atoms with E-state index in [1.54, 1.807) is 16.7 Å². The summed E-state index contributed by atoms with van der Waals surface area (Å²) in [7, 11) is 0. The van der Waals surface area contributed by atoms with E-state index < -0.39 is 23.6 Å². The number of benzene rings is 3. The minimum atomic E-state index is -0.953. The van der Waals surface area contributed by atoms with Crippen LogP contribution in [0, 0.1) is 18.6 Å². The topological polar surface area (TPSA) is 98.0 Å². The van der Waals surface area contributed by atoms with Gasteiger partial charge in [-0.05, 0) is 72.9 Å². The highest BCUT2D eigenvalue weighted by molar-refractivity contribution is 5.95. The van der Waals surface area contributed by atoms with E-state index in [-0.39, 0.29) is 31.9 Å². The van der Waals surface area contributed by atoms with Gasteiger partial charge in [-0.2, -0.15) is 0 Å². The van der Waals surface area contributed by atoms with Crippen LogP contribution in [0.5, 0.6) is 11.5 Å². The van der Waals surface area contributed by atoms with E-state index in [0.717, 1.165) is 45.4 Å². The van der Waals surface area contributed by atoms with Gasteiger partial charge in [0.1, 0.15) is 31.3 Å². The lowest BCUT2D eigenvalue weighted by molar-refractivity contribution is -0.138. The van der Waals surface area contributed by atoms with Gasteiger partial charge in [-0.15, -0.1) is 0 Å². The first-order valence-electron chi connectivity index (χ1n) is 13.4. The first-order valence-corrected chi connectivity index (χ1v) is 13.4. The van der Waals surface area contributed by atoms with Gasteiger partial charge < -0.3 is 24.3 Å². The molecule has 4 rings (SSSR count). The third kappa shape index (κ3) is 7.84. The van der Waals surface area contributed by atoms with Gasteiger partial charge in [0.25, 0.3) is 0 Å². The van der Waals surface area contributed by atoms with Crippen LogP contribution in [0.15, 0.2) is 72.8 Å². The van der Waals surface area contributed by atoms with Crippen molar-refractivity contribution < 1.29 is 38.1 Å². The van der Waals surface area contributed by atoms with E-state index in [9.17, 15) is 23.5 Å². The Balaban J connectivity index is 1.40. The highest BCUT2D eigenvalue weighted by atomic mass is 19.1. The Kier molecular flexibility index (Phi) is 10.1. The van der Waals surface area contributed by atoms with E-state index in [0.29, 0.717) is 18.6 Å². The van der Waals surface area contributed by atoms with Crippen molar-refractivity contribution in [1.82, 2.24) is 4.57 Å². The van der Waals surface area contributed by atoms with Gasteiger partial charge in [-0.3, -0.25) is 9.59 Å². The third-order valence-electron chi connectivity index (χ3n) is 6.69. The molecule has 2 N–H and O–H groups in total. The van der Waals surface area contributed by atoms with Crippen LogP contribution < -0.4 is 9.47 Å². The molecular formula is C33H31F2NO6. The Hall–Kier alpha value is -4.92. The quantitative estimate of drug-likeness (QED) is 0.125. The number of carboxylic acid groups (broad SMARTS) is 2. The fourth-order valence-electron chi connectivity index (χ4n) is 4.70. The van der Waals surface area contributed by atoms with Crippen molar-refractivity contribution in [3.8, 4) is 11.5 Å². The molecule has 9 heteroatoms. The second-order valence-corrected chi connectivity index (χ2v) is 9.61. The summed E-state index contributed by atoms with van der Waals surface area (Å²) in [6.07, 6.45) is 8.35. The summed E-state index contributed by atoms with van der Waals surface area (Å²) in [5.74, 6) is -2.60. The van der Waals surface area contributed by atoms with Crippen molar-refractivity contribution in [2.75, 3.05) is 13.2 Å². The van der Waals surface area contributed by atoms with Crippen LogP contribution in [0.4, 0.5) is 8.78 Å². The van der Waals surface area contributed by atoms with E-state index >= 15 is 0 Å². The molecule has 0 bridgehead atoms. The van der Waals surface area contributed by atoms with Crippen LogP contribution in [-0.4, -0.2) is 39.9 Å². The summed E-state index contributed by atoms with van der Waals surface area (Å²) in [6, 6.07) is 16.4. The van der Waals surface area contributed by atoms with Gasteiger partial charge >= 0.3 is 11.9 Å². The number of para-hydroxylation sites is 1. The van der Waals surface area contributed by atoms with Crippen LogP contribution in [0.3, 0.4) is 0 Å². The molecule has 0 fully saturated rings. The predicted molar refractivity (Wildman–Crippen MR) is 157 cm³/mol. The standard InChI is InChI=1S/C33H31F2NO6/c1-22-27(7-5-9-31(37)38)28-8-4-6-24(33(28)36(22)21-32(39)40)13-10-23-11-15-26(16-12-23)41-18-2-3-19-42-30-17-14-25(34)20-29(30)35/h2-4,6,8,10-17,20H,5,7,9,18-19,21H2,1H3,(H,37,38)(H,39,40). The van der Waals surface area contributed by atoms with Gasteiger partial charge in [-0.25, -0.2) is 8.78 Å². The van der Waals surface area contributed by atoms with Gasteiger partial charge in [0.15, 0.2) is 11.6 Å². The second-order valence-electron chi connectivity index (χ2n) is 9.61. The number of hydrogen-bond acceptors (Lipinski definition) is 4. The predicted octanol–water partition coefficient (Wildman–Crippen LogP) is 6.90. The van der Waals surface area contributed by atoms with Crippen LogP contribution >= 0.6 is 0 Å². The zero-order chi connectivity index (χ0) is 30.1. The van der Waals surface area contributed by atoms with Crippen molar-refractivity contribution in [2.45, 2.75) is 32.7 Å². The molecule has 0 radical (unpaired) electrons. The maximum absolute atomic E-state index is 13.6. The highest BCUT2D eigenvalue weighted by Crippen LogP contribution is 2.31. The third-order valence-corrected chi connectivity index (χ3v) is 6.69. The largest absolute Gasteiger partial charge is 0.490 e. The molecule has 0 aliphatic rings. The van der Waals surface area contributed by atoms with E-state index in [2.05, 4.69) is 0 Å². The molecule has 3 aromatic carbocycles. The molecule has 1 aromatic heterocycles. The van der Waals surface area contributed by atoms with Gasteiger partial charge in [0.05, 0.1) is 5.52 Å². The molecule has 0 unspecified atom stereocenters. The molecule has 0 aliphatic carbocycles. The Morgan fingerprint density at radius 3 is 2.33 bits per heavy atom. The minimum Gasteiger partial charge on any atom is -0.490 e. The molecule has 42 heavy (non-hydrogen) atoms.